The molecule has 4 rings (SSSR count). The van der Waals surface area contributed by atoms with E-state index >= 15 is 0 Å². The SMILES string of the molecule is CCN(C)C(=O)c1ccccc1C1C(C(=O)C(C)C)=C(O)C(=O)N1c1ccc(-c2ccc(C)o2)cc1. The summed E-state index contributed by atoms with van der Waals surface area (Å²) in [7, 11) is 1.69. The number of aliphatic hydroxyl groups is 1. The van der Waals surface area contributed by atoms with Gasteiger partial charge in [-0.2, -0.15) is 0 Å². The van der Waals surface area contributed by atoms with Gasteiger partial charge in [-0.25, -0.2) is 0 Å². The van der Waals surface area contributed by atoms with E-state index in [1.165, 1.54) is 4.90 Å². The molecule has 186 valence electrons. The van der Waals surface area contributed by atoms with Crippen LogP contribution in [0.2, 0.25) is 0 Å². The number of anilines is 1. The Morgan fingerprint density at radius 3 is 2.31 bits per heavy atom. The molecule has 7 nitrogen and oxygen atoms in total. The Morgan fingerprint density at radius 1 is 1.06 bits per heavy atom. The van der Waals surface area contributed by atoms with Gasteiger partial charge in [0.25, 0.3) is 11.8 Å². The summed E-state index contributed by atoms with van der Waals surface area (Å²) in [6.45, 7) is 7.66. The Hall–Kier alpha value is -4.13. The van der Waals surface area contributed by atoms with Crippen LogP contribution >= 0.6 is 0 Å². The van der Waals surface area contributed by atoms with E-state index in [9.17, 15) is 19.5 Å². The second-order valence-corrected chi connectivity index (χ2v) is 9.22. The Labute approximate surface area is 210 Å². The number of ketones is 1. The quantitative estimate of drug-likeness (QED) is 0.478. The average molecular weight is 487 g/mol. The zero-order chi connectivity index (χ0) is 26.1. The Bertz CT molecular complexity index is 1350. The van der Waals surface area contributed by atoms with Gasteiger partial charge >= 0.3 is 0 Å². The molecule has 7 heteroatoms. The lowest BCUT2D eigenvalue weighted by Crippen LogP contribution is -2.34. The molecule has 2 aromatic carbocycles. The summed E-state index contributed by atoms with van der Waals surface area (Å²) in [5.74, 6) is -0.823. The molecule has 1 aliphatic heterocycles. The number of Topliss-reactive ketones (excluding diaryl/α,β-unsaturated/α-hetero) is 1. The second-order valence-electron chi connectivity index (χ2n) is 9.22. The summed E-state index contributed by atoms with van der Waals surface area (Å²) in [5, 5.41) is 10.9. The summed E-state index contributed by atoms with van der Waals surface area (Å²) in [6.07, 6.45) is 0. The number of furan rings is 1. The molecule has 36 heavy (non-hydrogen) atoms. The van der Waals surface area contributed by atoms with E-state index in [0.29, 0.717) is 29.1 Å². The van der Waals surface area contributed by atoms with Crippen molar-refractivity contribution in [2.75, 3.05) is 18.5 Å². The van der Waals surface area contributed by atoms with Gasteiger partial charge in [0.15, 0.2) is 11.5 Å². The van der Waals surface area contributed by atoms with Gasteiger partial charge in [0.05, 0.1) is 11.6 Å². The van der Waals surface area contributed by atoms with Crippen molar-refractivity contribution in [2.24, 2.45) is 5.92 Å². The van der Waals surface area contributed by atoms with E-state index in [2.05, 4.69) is 0 Å². The van der Waals surface area contributed by atoms with Crippen LogP contribution in [0.3, 0.4) is 0 Å². The predicted molar refractivity (Wildman–Crippen MR) is 138 cm³/mol. The normalized spacial score (nSPS) is 15.7. The largest absolute Gasteiger partial charge is 0.503 e. The van der Waals surface area contributed by atoms with Crippen molar-refractivity contribution in [2.45, 2.75) is 33.7 Å². The highest BCUT2D eigenvalue weighted by molar-refractivity contribution is 6.17. The van der Waals surface area contributed by atoms with Gasteiger partial charge < -0.3 is 14.4 Å². The van der Waals surface area contributed by atoms with Gasteiger partial charge in [0, 0.05) is 36.3 Å². The Morgan fingerprint density at radius 2 is 1.72 bits per heavy atom. The van der Waals surface area contributed by atoms with Crippen molar-refractivity contribution >= 4 is 23.3 Å². The van der Waals surface area contributed by atoms with Crippen molar-refractivity contribution in [1.29, 1.82) is 0 Å². The topological polar surface area (TPSA) is 91.1 Å². The average Bonchev–Trinajstić information content (AvgIpc) is 3.43. The van der Waals surface area contributed by atoms with E-state index in [4.69, 9.17) is 4.42 Å². The van der Waals surface area contributed by atoms with Crippen LogP contribution in [-0.4, -0.2) is 41.2 Å². The van der Waals surface area contributed by atoms with Gasteiger partial charge in [-0.3, -0.25) is 19.3 Å². The molecular formula is C29H30N2O5. The van der Waals surface area contributed by atoms with Crippen LogP contribution in [0.15, 0.2) is 76.4 Å². The number of benzene rings is 2. The van der Waals surface area contributed by atoms with Crippen LogP contribution in [0.1, 0.15) is 48.5 Å². The molecule has 1 aromatic heterocycles. The minimum Gasteiger partial charge on any atom is -0.503 e. The van der Waals surface area contributed by atoms with Gasteiger partial charge in [-0.15, -0.1) is 0 Å². The minimum absolute atomic E-state index is 0.000127. The number of amides is 2. The monoisotopic (exact) mass is 486 g/mol. The molecule has 1 atom stereocenters. The van der Waals surface area contributed by atoms with Gasteiger partial charge in [-0.1, -0.05) is 32.0 Å². The fourth-order valence-electron chi connectivity index (χ4n) is 4.38. The minimum atomic E-state index is -0.950. The zero-order valence-electron chi connectivity index (χ0n) is 21.1. The fraction of sp³-hybridized carbons (Fsp3) is 0.276. The maximum atomic E-state index is 13.4. The number of hydrogen-bond donors (Lipinski definition) is 1. The zero-order valence-corrected chi connectivity index (χ0v) is 21.1. The molecule has 3 aromatic rings. The highest BCUT2D eigenvalue weighted by Gasteiger charge is 2.46. The molecular weight excluding hydrogens is 456 g/mol. The van der Waals surface area contributed by atoms with Crippen molar-refractivity contribution in [3.8, 4) is 11.3 Å². The number of nitrogens with zero attached hydrogens (tertiary/aromatic N) is 2. The van der Waals surface area contributed by atoms with Crippen LogP contribution in [0, 0.1) is 12.8 Å². The number of hydrogen-bond acceptors (Lipinski definition) is 5. The van der Waals surface area contributed by atoms with Crippen molar-refractivity contribution < 1.29 is 23.9 Å². The van der Waals surface area contributed by atoms with Gasteiger partial charge in [0.1, 0.15) is 11.5 Å². The molecule has 0 spiro atoms. The first-order valence-corrected chi connectivity index (χ1v) is 12.0. The molecule has 0 fully saturated rings. The van der Waals surface area contributed by atoms with Crippen LogP contribution in [0.25, 0.3) is 11.3 Å². The number of aliphatic hydroxyl groups excluding tert-OH is 1. The lowest BCUT2D eigenvalue weighted by atomic mass is 9.88. The lowest BCUT2D eigenvalue weighted by Gasteiger charge is -2.29. The third-order valence-electron chi connectivity index (χ3n) is 6.48. The summed E-state index contributed by atoms with van der Waals surface area (Å²) in [6, 6.07) is 16.8. The van der Waals surface area contributed by atoms with Crippen molar-refractivity contribution in [3.05, 3.63) is 88.9 Å². The van der Waals surface area contributed by atoms with Crippen molar-refractivity contribution in [1.82, 2.24) is 4.90 Å². The van der Waals surface area contributed by atoms with Gasteiger partial charge in [-0.05, 0) is 61.9 Å². The maximum absolute atomic E-state index is 13.4. The molecule has 1 N–H and O–H groups in total. The molecule has 0 radical (unpaired) electrons. The predicted octanol–water partition coefficient (Wildman–Crippen LogP) is 5.47. The van der Waals surface area contributed by atoms with Crippen LogP contribution in [0.4, 0.5) is 5.69 Å². The van der Waals surface area contributed by atoms with Crippen molar-refractivity contribution in [3.63, 3.8) is 0 Å². The van der Waals surface area contributed by atoms with E-state index in [0.717, 1.165) is 11.3 Å². The number of aryl methyl sites for hydroxylation is 1. The summed E-state index contributed by atoms with van der Waals surface area (Å²) in [4.78, 5) is 42.9. The third kappa shape index (κ3) is 4.33. The molecule has 0 bridgehead atoms. The highest BCUT2D eigenvalue weighted by atomic mass is 16.3. The molecule has 2 amide bonds. The van der Waals surface area contributed by atoms with E-state index < -0.39 is 23.6 Å². The highest BCUT2D eigenvalue weighted by Crippen LogP contribution is 2.43. The third-order valence-corrected chi connectivity index (χ3v) is 6.48. The molecule has 0 aliphatic carbocycles. The molecule has 1 unspecified atom stereocenters. The first kappa shape index (κ1) is 25.0. The smallest absolute Gasteiger partial charge is 0.294 e. The van der Waals surface area contributed by atoms with E-state index in [-0.39, 0.29) is 17.3 Å². The second kappa shape index (κ2) is 9.85. The molecule has 1 aliphatic rings. The Kier molecular flexibility index (Phi) is 6.84. The van der Waals surface area contributed by atoms with Gasteiger partial charge in [0.2, 0.25) is 0 Å². The van der Waals surface area contributed by atoms with E-state index in [1.54, 1.807) is 62.2 Å². The van der Waals surface area contributed by atoms with Crippen LogP contribution in [-0.2, 0) is 9.59 Å². The standard InChI is InChI=1S/C29H30N2O5/c1-6-30(5)28(34)22-10-8-7-9-21(22)25-24(26(32)17(2)3)27(33)29(35)31(25)20-14-12-19(13-15-20)23-16-11-18(4)36-23/h7-17,25,33H,6H2,1-5H3. The van der Waals surface area contributed by atoms with Crippen LogP contribution < -0.4 is 4.90 Å². The maximum Gasteiger partial charge on any atom is 0.294 e. The number of carbonyl (C=O) groups is 3. The molecule has 0 saturated carbocycles. The first-order valence-electron chi connectivity index (χ1n) is 12.0. The number of carbonyl (C=O) groups excluding carboxylic acids is 3. The summed E-state index contributed by atoms with van der Waals surface area (Å²) in [5.41, 5.74) is 2.17. The lowest BCUT2D eigenvalue weighted by molar-refractivity contribution is -0.119. The summed E-state index contributed by atoms with van der Waals surface area (Å²) < 4.78 is 5.70. The number of rotatable bonds is 7. The molecule has 0 saturated heterocycles. The first-order chi connectivity index (χ1) is 17.1. The van der Waals surface area contributed by atoms with E-state index in [1.807, 2.05) is 38.1 Å². The Balaban J connectivity index is 1.86. The fourth-order valence-corrected chi connectivity index (χ4v) is 4.38. The molecule has 2 heterocycles. The summed E-state index contributed by atoms with van der Waals surface area (Å²) >= 11 is 0. The van der Waals surface area contributed by atoms with Crippen LogP contribution in [0.5, 0.6) is 0 Å².